The monoisotopic (exact) mass is 1250 g/mol. The third-order valence-corrected chi connectivity index (χ3v) is 17.0. The molecule has 0 spiro atoms. The number of aliphatic hydroxyl groups excluding tert-OH is 11. The summed E-state index contributed by atoms with van der Waals surface area (Å²) in [5, 5.41) is 120. The van der Waals surface area contributed by atoms with E-state index in [-0.39, 0.29) is 18.9 Å². The van der Waals surface area contributed by atoms with E-state index in [9.17, 15) is 61.0 Å². The summed E-state index contributed by atoms with van der Waals surface area (Å²) in [6.45, 7) is 1.68. The van der Waals surface area contributed by atoms with Crippen molar-refractivity contribution in [2.24, 2.45) is 0 Å². The molecule has 0 aromatic heterocycles. The van der Waals surface area contributed by atoms with E-state index >= 15 is 0 Å². The van der Waals surface area contributed by atoms with Crippen LogP contribution in [0.4, 0.5) is 0 Å². The smallest absolute Gasteiger partial charge is 0.220 e. The molecule has 3 heterocycles. The van der Waals surface area contributed by atoms with Gasteiger partial charge in [0.1, 0.15) is 73.2 Å². The van der Waals surface area contributed by atoms with Gasteiger partial charge in [0.25, 0.3) is 0 Å². The van der Waals surface area contributed by atoms with Crippen molar-refractivity contribution in [3.8, 4) is 0 Å². The fourth-order valence-electron chi connectivity index (χ4n) is 11.4. The van der Waals surface area contributed by atoms with E-state index in [1.54, 1.807) is 6.08 Å². The van der Waals surface area contributed by atoms with E-state index in [0.29, 0.717) is 12.8 Å². The van der Waals surface area contributed by atoms with Crippen LogP contribution in [0.1, 0.15) is 239 Å². The van der Waals surface area contributed by atoms with E-state index < -0.39 is 124 Å². The molecule has 1 amide bonds. The first kappa shape index (κ1) is 79.7. The van der Waals surface area contributed by atoms with Gasteiger partial charge in [-0.05, 0) is 70.6 Å². The normalized spacial score (nSPS) is 28.8. The second-order valence-corrected chi connectivity index (χ2v) is 24.6. The zero-order valence-corrected chi connectivity index (χ0v) is 53.9. The van der Waals surface area contributed by atoms with Crippen molar-refractivity contribution in [2.45, 2.75) is 343 Å². The highest BCUT2D eigenvalue weighted by Crippen LogP contribution is 2.33. The zero-order valence-electron chi connectivity index (χ0n) is 53.9. The van der Waals surface area contributed by atoms with Gasteiger partial charge in [-0.2, -0.15) is 0 Å². The van der Waals surface area contributed by atoms with E-state index in [0.717, 1.165) is 77.0 Å². The number of rotatable bonds is 52. The van der Waals surface area contributed by atoms with Gasteiger partial charge in [-0.15, -0.1) is 0 Å². The summed E-state index contributed by atoms with van der Waals surface area (Å²) in [7, 11) is 0. The molecule has 17 unspecified atom stereocenters. The molecule has 17 atom stereocenters. The number of carbonyl (C=O) groups is 1. The van der Waals surface area contributed by atoms with Gasteiger partial charge >= 0.3 is 0 Å². The Labute approximate surface area is 528 Å². The lowest BCUT2D eigenvalue weighted by Gasteiger charge is -2.48. The minimum atomic E-state index is -1.98. The molecular formula is C69H123NO18. The van der Waals surface area contributed by atoms with Crippen LogP contribution in [0.2, 0.25) is 0 Å². The third-order valence-electron chi connectivity index (χ3n) is 17.0. The maximum atomic E-state index is 13.4. The molecule has 3 aliphatic heterocycles. The van der Waals surface area contributed by atoms with Crippen molar-refractivity contribution in [3.05, 3.63) is 60.8 Å². The number of hydrogen-bond acceptors (Lipinski definition) is 18. The standard InChI is InChI=1S/C69H123NO18/c1-3-5-7-9-11-13-15-17-19-21-23-24-25-26-27-29-30-32-34-36-38-40-42-44-46-53(74)52(70-57(75)47-45-43-41-39-37-35-33-31-28-22-20-18-16-14-12-10-8-6-4-2)51-83-67-63(81)60(78)65(55(49-72)85-67)88-69-64(82)61(79)66(56(50-73)86-69)87-68-62(80)59(77)58(76)54(48-71)84-68/h12,14,18,20,28,31,36,38,44,46,52-56,58-69,71-74,76-82H,3-11,13,15-17,19,21-27,29-30,32-35,37,39-43,45,47-51H2,1-2H3,(H,70,75)/b14-12-,20-18-,31-28-,38-36+,46-44+. The fourth-order valence-corrected chi connectivity index (χ4v) is 11.4. The van der Waals surface area contributed by atoms with Crippen LogP contribution in [0.15, 0.2) is 60.8 Å². The Morgan fingerprint density at radius 3 is 1.24 bits per heavy atom. The van der Waals surface area contributed by atoms with Gasteiger partial charge in [0.15, 0.2) is 18.9 Å². The van der Waals surface area contributed by atoms with E-state index in [1.807, 2.05) is 6.08 Å². The predicted octanol–water partition coefficient (Wildman–Crippen LogP) is 8.77. The summed E-state index contributed by atoms with van der Waals surface area (Å²) < 4.78 is 34.3. The van der Waals surface area contributed by atoms with Crippen molar-refractivity contribution in [3.63, 3.8) is 0 Å². The van der Waals surface area contributed by atoms with Gasteiger partial charge in [0, 0.05) is 6.42 Å². The van der Waals surface area contributed by atoms with Crippen LogP contribution < -0.4 is 5.32 Å². The molecule has 0 aromatic carbocycles. The highest BCUT2D eigenvalue weighted by molar-refractivity contribution is 5.76. The van der Waals surface area contributed by atoms with Gasteiger partial charge in [-0.25, -0.2) is 0 Å². The lowest BCUT2D eigenvalue weighted by Crippen LogP contribution is -2.66. The summed E-state index contributed by atoms with van der Waals surface area (Å²) >= 11 is 0. The Morgan fingerprint density at radius 1 is 0.409 bits per heavy atom. The molecule has 3 rings (SSSR count). The molecular weight excluding hydrogens is 1130 g/mol. The number of ether oxygens (including phenoxy) is 6. The molecule has 0 aromatic rings. The molecule has 3 saturated heterocycles. The van der Waals surface area contributed by atoms with Crippen LogP contribution in [0.3, 0.4) is 0 Å². The average molecular weight is 1250 g/mol. The maximum absolute atomic E-state index is 13.4. The highest BCUT2D eigenvalue weighted by Gasteiger charge is 2.53. The Morgan fingerprint density at radius 2 is 0.761 bits per heavy atom. The summed E-state index contributed by atoms with van der Waals surface area (Å²) in [6, 6.07) is -1.00. The molecule has 19 heteroatoms. The van der Waals surface area contributed by atoms with Crippen molar-refractivity contribution in [1.82, 2.24) is 5.32 Å². The lowest BCUT2D eigenvalue weighted by atomic mass is 9.96. The van der Waals surface area contributed by atoms with E-state index in [4.69, 9.17) is 28.4 Å². The SMILES string of the molecule is CCCCC/C=C\C/C=C\C/C=C\CCCCCCCCC(=O)NC(COC1OC(CO)C(OC2OC(CO)C(OC3OC(CO)C(O)C(O)C3O)C(O)C2O)C(O)C1O)C(O)/C=C/CC/C=C/CCCCCCCCCCCCCCCCCCCC. The van der Waals surface area contributed by atoms with Crippen molar-refractivity contribution in [2.75, 3.05) is 26.4 Å². The second kappa shape index (κ2) is 51.0. The predicted molar refractivity (Wildman–Crippen MR) is 342 cm³/mol. The zero-order chi connectivity index (χ0) is 64.0. The van der Waals surface area contributed by atoms with Gasteiger partial charge in [-0.3, -0.25) is 4.79 Å². The molecule has 0 radical (unpaired) electrons. The van der Waals surface area contributed by atoms with Gasteiger partial charge < -0.3 is 89.9 Å². The number of nitrogens with one attached hydrogen (secondary N) is 1. The van der Waals surface area contributed by atoms with Gasteiger partial charge in [0.05, 0.1) is 38.6 Å². The number of carbonyl (C=O) groups excluding carboxylic acids is 1. The molecule has 3 aliphatic rings. The number of aliphatic hydroxyl groups is 11. The summed E-state index contributed by atoms with van der Waals surface area (Å²) in [5.41, 5.74) is 0. The first-order valence-corrected chi connectivity index (χ1v) is 34.5. The third kappa shape index (κ3) is 32.9. The number of hydrogen-bond donors (Lipinski definition) is 12. The lowest BCUT2D eigenvalue weighted by molar-refractivity contribution is -0.379. The molecule has 0 aliphatic carbocycles. The molecule has 512 valence electrons. The second-order valence-electron chi connectivity index (χ2n) is 24.6. The van der Waals surface area contributed by atoms with Crippen molar-refractivity contribution >= 4 is 5.91 Å². The van der Waals surface area contributed by atoms with E-state index in [2.05, 4.69) is 67.8 Å². The van der Waals surface area contributed by atoms with Crippen LogP contribution in [0.25, 0.3) is 0 Å². The highest BCUT2D eigenvalue weighted by atomic mass is 16.8. The summed E-state index contributed by atoms with van der Waals surface area (Å²) in [5.74, 6) is -0.298. The maximum Gasteiger partial charge on any atom is 0.220 e. The number of amides is 1. The van der Waals surface area contributed by atoms with Gasteiger partial charge in [-0.1, -0.05) is 222 Å². The number of unbranched alkanes of at least 4 members (excludes halogenated alkanes) is 28. The average Bonchev–Trinajstić information content (AvgIpc) is 3.71. The Balaban J connectivity index is 1.47. The van der Waals surface area contributed by atoms with Crippen LogP contribution in [0.5, 0.6) is 0 Å². The minimum Gasteiger partial charge on any atom is -0.394 e. The van der Waals surface area contributed by atoms with Crippen LogP contribution >= 0.6 is 0 Å². The van der Waals surface area contributed by atoms with Crippen LogP contribution in [0, 0.1) is 0 Å². The van der Waals surface area contributed by atoms with E-state index in [1.165, 1.54) is 128 Å². The van der Waals surface area contributed by atoms with Crippen molar-refractivity contribution in [1.29, 1.82) is 0 Å². The quantitative estimate of drug-likeness (QED) is 0.0200. The number of allylic oxidation sites excluding steroid dienone is 9. The fraction of sp³-hybridized carbons (Fsp3) is 0.841. The van der Waals surface area contributed by atoms with Crippen LogP contribution in [-0.2, 0) is 33.2 Å². The first-order chi connectivity index (χ1) is 42.8. The van der Waals surface area contributed by atoms with Crippen molar-refractivity contribution < 1.29 is 89.4 Å². The largest absolute Gasteiger partial charge is 0.394 e. The topological polar surface area (TPSA) is 307 Å². The Hall–Kier alpha value is -2.51. The summed E-state index contributed by atoms with van der Waals surface area (Å²) in [6.07, 6.45) is 34.8. The molecule has 0 saturated carbocycles. The molecule has 0 bridgehead atoms. The van der Waals surface area contributed by atoms with Gasteiger partial charge in [0.2, 0.25) is 5.91 Å². The summed E-state index contributed by atoms with van der Waals surface area (Å²) in [4.78, 5) is 13.4. The molecule has 12 N–H and O–H groups in total. The first-order valence-electron chi connectivity index (χ1n) is 34.5. The molecule has 3 fully saturated rings. The Kier molecular flexibility index (Phi) is 46.2. The molecule has 19 nitrogen and oxygen atoms in total. The van der Waals surface area contributed by atoms with Crippen LogP contribution in [-0.4, -0.2) is 193 Å². The molecule has 88 heavy (non-hydrogen) atoms. The Bertz CT molecular complexity index is 1830. The minimum absolute atomic E-state index is 0.219.